The molecule has 0 aliphatic carbocycles. The van der Waals surface area contributed by atoms with Gasteiger partial charge in [0.1, 0.15) is 22.3 Å². The third kappa shape index (κ3) is 6.57. The maximum absolute atomic E-state index is 6.36. The maximum atomic E-state index is 6.36. The summed E-state index contributed by atoms with van der Waals surface area (Å²) >= 11 is 0. The number of hydrogen-bond acceptors (Lipinski definition) is 7. The molecule has 0 aliphatic rings. The van der Waals surface area contributed by atoms with Gasteiger partial charge in [0.25, 0.3) is 0 Å². The van der Waals surface area contributed by atoms with Gasteiger partial charge in [-0.15, -0.1) is 0 Å². The Hall–Kier alpha value is -9.07. The van der Waals surface area contributed by atoms with E-state index in [1.54, 1.807) is 0 Å². The fourth-order valence-corrected chi connectivity index (χ4v) is 9.08. The van der Waals surface area contributed by atoms with Crippen molar-refractivity contribution in [3.05, 3.63) is 212 Å². The first kappa shape index (κ1) is 37.5. The molecule has 0 aliphatic heterocycles. The lowest BCUT2D eigenvalue weighted by Crippen LogP contribution is -2.00. The molecular formula is C59H35N5O2. The molecule has 0 unspecified atom stereocenters. The molecule has 0 amide bonds. The van der Waals surface area contributed by atoms with Crippen LogP contribution in [0.25, 0.3) is 134 Å². The SMILES string of the molecule is c1ccc(-c2nc(-c3cccc(-c4cccc(-c5nc(-c6ccccc6)nc(-c6ccc7c(c6)oc6ccccc67)n5)c4)c3)cc(-c3ccc4oc5ccc6ccccc6c5c4c3)n2)cc1. The van der Waals surface area contributed by atoms with Crippen molar-refractivity contribution in [3.63, 3.8) is 0 Å². The van der Waals surface area contributed by atoms with E-state index in [-0.39, 0.29) is 0 Å². The van der Waals surface area contributed by atoms with Crippen LogP contribution in [0.15, 0.2) is 221 Å². The normalized spacial score (nSPS) is 11.6. The van der Waals surface area contributed by atoms with E-state index in [9.17, 15) is 0 Å². The van der Waals surface area contributed by atoms with Gasteiger partial charge < -0.3 is 8.83 Å². The van der Waals surface area contributed by atoms with E-state index >= 15 is 0 Å². The molecule has 7 nitrogen and oxygen atoms in total. The van der Waals surface area contributed by atoms with Crippen molar-refractivity contribution in [2.24, 2.45) is 0 Å². The molecule has 13 aromatic rings. The monoisotopic (exact) mass is 845 g/mol. The summed E-state index contributed by atoms with van der Waals surface area (Å²) in [6.45, 7) is 0. The summed E-state index contributed by atoms with van der Waals surface area (Å²) in [7, 11) is 0. The van der Waals surface area contributed by atoms with Crippen molar-refractivity contribution >= 4 is 54.6 Å². The van der Waals surface area contributed by atoms with Crippen molar-refractivity contribution in [2.45, 2.75) is 0 Å². The molecule has 0 fully saturated rings. The summed E-state index contributed by atoms with van der Waals surface area (Å²) in [4.78, 5) is 25.5. The minimum Gasteiger partial charge on any atom is -0.456 e. The summed E-state index contributed by atoms with van der Waals surface area (Å²) in [5, 5.41) is 6.62. The van der Waals surface area contributed by atoms with Gasteiger partial charge in [-0.1, -0.05) is 152 Å². The average Bonchev–Trinajstić information content (AvgIpc) is 3.97. The molecule has 4 aromatic heterocycles. The Labute approximate surface area is 378 Å². The predicted octanol–water partition coefficient (Wildman–Crippen LogP) is 15.3. The molecule has 308 valence electrons. The summed E-state index contributed by atoms with van der Waals surface area (Å²) < 4.78 is 12.6. The van der Waals surface area contributed by atoms with E-state index in [0.29, 0.717) is 23.3 Å². The number of benzene rings is 9. The lowest BCUT2D eigenvalue weighted by Gasteiger charge is -2.12. The molecule has 7 heteroatoms. The second-order valence-corrected chi connectivity index (χ2v) is 16.4. The Balaban J connectivity index is 0.906. The minimum absolute atomic E-state index is 0.566. The van der Waals surface area contributed by atoms with Crippen LogP contribution in [-0.2, 0) is 0 Å². The van der Waals surface area contributed by atoms with Crippen molar-refractivity contribution in [1.82, 2.24) is 24.9 Å². The van der Waals surface area contributed by atoms with Crippen LogP contribution in [-0.4, -0.2) is 24.9 Å². The predicted molar refractivity (Wildman–Crippen MR) is 266 cm³/mol. The quantitative estimate of drug-likeness (QED) is 0.158. The second kappa shape index (κ2) is 15.3. The van der Waals surface area contributed by atoms with Gasteiger partial charge >= 0.3 is 0 Å². The van der Waals surface area contributed by atoms with E-state index in [0.717, 1.165) is 105 Å². The highest BCUT2D eigenvalue weighted by Gasteiger charge is 2.18. The van der Waals surface area contributed by atoms with Gasteiger partial charge in [0.15, 0.2) is 23.3 Å². The first-order chi connectivity index (χ1) is 32.6. The first-order valence-electron chi connectivity index (χ1n) is 21.9. The van der Waals surface area contributed by atoms with Crippen LogP contribution in [0.1, 0.15) is 0 Å². The number of rotatable bonds is 7. The highest BCUT2D eigenvalue weighted by Crippen LogP contribution is 2.39. The van der Waals surface area contributed by atoms with Gasteiger partial charge in [0.2, 0.25) is 0 Å². The third-order valence-corrected chi connectivity index (χ3v) is 12.3. The Morgan fingerprint density at radius 1 is 0.242 bits per heavy atom. The van der Waals surface area contributed by atoms with Crippen molar-refractivity contribution in [3.8, 4) is 79.2 Å². The van der Waals surface area contributed by atoms with E-state index in [1.165, 1.54) is 5.39 Å². The van der Waals surface area contributed by atoms with Crippen LogP contribution in [0.2, 0.25) is 0 Å². The third-order valence-electron chi connectivity index (χ3n) is 12.3. The number of fused-ring (bicyclic) bond motifs is 8. The van der Waals surface area contributed by atoms with Crippen molar-refractivity contribution < 1.29 is 8.83 Å². The molecule has 0 radical (unpaired) electrons. The molecule has 0 N–H and O–H groups in total. The Bertz CT molecular complexity index is 4010. The number of nitrogens with zero attached hydrogens (tertiary/aromatic N) is 5. The smallest absolute Gasteiger partial charge is 0.164 e. The summed E-state index contributed by atoms with van der Waals surface area (Å²) in [6.07, 6.45) is 0. The zero-order valence-corrected chi connectivity index (χ0v) is 35.3. The standard InChI is InChI=1S/C59H35N5O2/c1-3-14-37(15-4-1)56-60-49(35-50(61-56)42-27-29-52-48(33-42)55-45-22-8-7-13-36(45)26-30-53(55)65-52)41-20-11-18-39(31-41)40-19-12-21-43(32-40)58-62-57(38-16-5-2-6-17-38)63-59(64-58)44-25-28-47-46-23-9-10-24-51(46)66-54(47)34-44/h1-35H. The number of hydrogen-bond donors (Lipinski definition) is 0. The largest absolute Gasteiger partial charge is 0.456 e. The van der Waals surface area contributed by atoms with Crippen LogP contribution in [0, 0.1) is 0 Å². The van der Waals surface area contributed by atoms with Gasteiger partial charge in [0, 0.05) is 54.9 Å². The molecule has 13 rings (SSSR count). The van der Waals surface area contributed by atoms with Crippen molar-refractivity contribution in [2.75, 3.05) is 0 Å². The van der Waals surface area contributed by atoms with Crippen LogP contribution < -0.4 is 0 Å². The zero-order chi connectivity index (χ0) is 43.6. The van der Waals surface area contributed by atoms with Gasteiger partial charge in [-0.2, -0.15) is 0 Å². The zero-order valence-electron chi connectivity index (χ0n) is 35.3. The van der Waals surface area contributed by atoms with Gasteiger partial charge in [0.05, 0.1) is 11.4 Å². The fraction of sp³-hybridized carbons (Fsp3) is 0. The summed E-state index contributed by atoms with van der Waals surface area (Å²) in [5.41, 5.74) is 12.5. The molecule has 0 saturated heterocycles. The van der Waals surface area contributed by atoms with Gasteiger partial charge in [-0.25, -0.2) is 24.9 Å². The Morgan fingerprint density at radius 2 is 0.727 bits per heavy atom. The van der Waals surface area contributed by atoms with Crippen LogP contribution in [0.3, 0.4) is 0 Å². The van der Waals surface area contributed by atoms with E-state index < -0.39 is 0 Å². The van der Waals surface area contributed by atoms with E-state index in [4.69, 9.17) is 33.8 Å². The minimum atomic E-state index is 0.566. The molecule has 0 atom stereocenters. The van der Waals surface area contributed by atoms with Gasteiger partial charge in [-0.05, 0) is 82.6 Å². The number of aromatic nitrogens is 5. The molecule has 0 saturated carbocycles. The van der Waals surface area contributed by atoms with Crippen molar-refractivity contribution in [1.29, 1.82) is 0 Å². The maximum Gasteiger partial charge on any atom is 0.164 e. The van der Waals surface area contributed by atoms with Crippen LogP contribution >= 0.6 is 0 Å². The van der Waals surface area contributed by atoms with Crippen LogP contribution in [0.5, 0.6) is 0 Å². The summed E-state index contributed by atoms with van der Waals surface area (Å²) in [6, 6.07) is 72.3. The highest BCUT2D eigenvalue weighted by atomic mass is 16.3. The average molecular weight is 846 g/mol. The van der Waals surface area contributed by atoms with E-state index in [1.807, 2.05) is 72.8 Å². The molecule has 0 spiro atoms. The summed E-state index contributed by atoms with van der Waals surface area (Å²) in [5.74, 6) is 2.38. The van der Waals surface area contributed by atoms with Gasteiger partial charge in [-0.3, -0.25) is 0 Å². The number of furan rings is 2. The first-order valence-corrected chi connectivity index (χ1v) is 21.9. The molecule has 0 bridgehead atoms. The molecular weight excluding hydrogens is 811 g/mol. The molecule has 4 heterocycles. The Kier molecular flexibility index (Phi) is 8.70. The topological polar surface area (TPSA) is 90.7 Å². The molecule has 9 aromatic carbocycles. The highest BCUT2D eigenvalue weighted by molar-refractivity contribution is 6.19. The molecule has 66 heavy (non-hydrogen) atoms. The lowest BCUT2D eigenvalue weighted by molar-refractivity contribution is 0.668. The second-order valence-electron chi connectivity index (χ2n) is 16.4. The fourth-order valence-electron chi connectivity index (χ4n) is 9.08. The van der Waals surface area contributed by atoms with Crippen LogP contribution in [0.4, 0.5) is 0 Å². The Morgan fingerprint density at radius 3 is 1.47 bits per heavy atom. The number of para-hydroxylation sites is 1. The van der Waals surface area contributed by atoms with E-state index in [2.05, 4.69) is 140 Å². The lowest BCUT2D eigenvalue weighted by atomic mass is 9.98.